The van der Waals surface area contributed by atoms with Gasteiger partial charge >= 0.3 is 0 Å². The molecular formula is C26H27N3O3. The van der Waals surface area contributed by atoms with Gasteiger partial charge in [-0.3, -0.25) is 4.79 Å². The summed E-state index contributed by atoms with van der Waals surface area (Å²) in [7, 11) is 1.65. The van der Waals surface area contributed by atoms with Crippen LogP contribution in [0.1, 0.15) is 41.3 Å². The summed E-state index contributed by atoms with van der Waals surface area (Å²) in [6.45, 7) is 2.62. The normalized spacial score (nSPS) is 21.8. The van der Waals surface area contributed by atoms with Gasteiger partial charge in [-0.1, -0.05) is 30.3 Å². The molecule has 2 atom stereocenters. The molecule has 0 saturated carbocycles. The van der Waals surface area contributed by atoms with Crippen LogP contribution in [0.25, 0.3) is 11.8 Å². The average Bonchev–Trinajstić information content (AvgIpc) is 3.38. The van der Waals surface area contributed by atoms with Gasteiger partial charge in [-0.2, -0.15) is 0 Å². The quantitative estimate of drug-likeness (QED) is 0.640. The van der Waals surface area contributed by atoms with Gasteiger partial charge in [-0.25, -0.2) is 4.98 Å². The van der Waals surface area contributed by atoms with Crippen molar-refractivity contribution >= 4 is 12.0 Å². The molecule has 6 nitrogen and oxygen atoms in total. The number of amides is 1. The van der Waals surface area contributed by atoms with E-state index >= 15 is 0 Å². The van der Waals surface area contributed by atoms with Crippen LogP contribution in [0.2, 0.25) is 0 Å². The molecule has 0 unspecified atom stereocenters. The number of benzene rings is 2. The number of carbonyl (C=O) groups is 1. The lowest BCUT2D eigenvalue weighted by molar-refractivity contribution is -0.133. The molecule has 1 fully saturated rings. The molecular weight excluding hydrogens is 402 g/mol. The largest absolute Gasteiger partial charge is 0.495 e. The first-order valence-corrected chi connectivity index (χ1v) is 11.0. The van der Waals surface area contributed by atoms with Crippen molar-refractivity contribution in [1.82, 2.24) is 14.5 Å². The zero-order valence-corrected chi connectivity index (χ0v) is 18.4. The van der Waals surface area contributed by atoms with Crippen LogP contribution in [-0.2, 0) is 11.2 Å². The van der Waals surface area contributed by atoms with Crippen LogP contribution in [0.5, 0.6) is 5.75 Å². The van der Waals surface area contributed by atoms with E-state index in [1.54, 1.807) is 13.4 Å². The summed E-state index contributed by atoms with van der Waals surface area (Å²) in [6.07, 6.45) is 7.35. The van der Waals surface area contributed by atoms with E-state index in [-0.39, 0.29) is 11.9 Å². The molecule has 1 saturated heterocycles. The number of methoxy groups -OCH3 is 1. The van der Waals surface area contributed by atoms with E-state index in [2.05, 4.69) is 4.98 Å². The third kappa shape index (κ3) is 3.60. The predicted octanol–water partition coefficient (Wildman–Crippen LogP) is 3.85. The van der Waals surface area contributed by atoms with Gasteiger partial charge < -0.3 is 19.3 Å². The summed E-state index contributed by atoms with van der Waals surface area (Å²) in [5, 5.41) is 10.9. The van der Waals surface area contributed by atoms with E-state index < -0.39 is 6.10 Å². The molecule has 32 heavy (non-hydrogen) atoms. The monoisotopic (exact) mass is 429 g/mol. The molecule has 3 aromatic rings. The maximum absolute atomic E-state index is 13.4. The summed E-state index contributed by atoms with van der Waals surface area (Å²) in [5.41, 5.74) is 5.59. The van der Waals surface area contributed by atoms with Crippen LogP contribution in [0, 0.1) is 6.92 Å². The van der Waals surface area contributed by atoms with Crippen LogP contribution in [0.15, 0.2) is 60.6 Å². The zero-order chi connectivity index (χ0) is 22.2. The minimum Gasteiger partial charge on any atom is -0.495 e. The summed E-state index contributed by atoms with van der Waals surface area (Å²) < 4.78 is 7.54. The molecule has 6 heteroatoms. The standard InChI is InChI=1S/C26H27N3O3/c1-17-15-28(16-27-17)22-10-9-18(13-24(22)32-2)12-20-7-5-11-29(26(20)31)23-14-19-6-3-4-8-21(19)25(23)30/h3-4,6,8-10,12-13,15-16,23,25,30H,5,7,11,14H2,1-2H3/t23-,25+/m0/s1. The van der Waals surface area contributed by atoms with E-state index in [1.807, 2.05) is 71.1 Å². The number of carbonyl (C=O) groups excluding carboxylic acids is 1. The first-order chi connectivity index (χ1) is 15.5. The molecule has 0 bridgehead atoms. The minimum absolute atomic E-state index is 0.0152. The second-order valence-corrected chi connectivity index (χ2v) is 8.54. The third-order valence-corrected chi connectivity index (χ3v) is 6.48. The fourth-order valence-corrected chi connectivity index (χ4v) is 4.87. The molecule has 1 N–H and O–H groups in total. The van der Waals surface area contributed by atoms with Crippen LogP contribution in [0.4, 0.5) is 0 Å². The lowest BCUT2D eigenvalue weighted by atomic mass is 9.97. The maximum Gasteiger partial charge on any atom is 0.250 e. The van der Waals surface area contributed by atoms with Crippen molar-refractivity contribution in [3.05, 3.63) is 82.9 Å². The molecule has 1 aromatic heterocycles. The Bertz CT molecular complexity index is 1200. The minimum atomic E-state index is -0.632. The third-order valence-electron chi connectivity index (χ3n) is 6.48. The Hall–Kier alpha value is -3.38. The number of aryl methyl sites for hydroxylation is 1. The first kappa shape index (κ1) is 20.5. The number of imidazole rings is 1. The van der Waals surface area contributed by atoms with E-state index in [9.17, 15) is 9.90 Å². The number of fused-ring (bicyclic) bond motifs is 1. The van der Waals surface area contributed by atoms with E-state index in [0.717, 1.165) is 52.2 Å². The number of hydrogen-bond donors (Lipinski definition) is 1. The highest BCUT2D eigenvalue weighted by Gasteiger charge is 2.39. The highest BCUT2D eigenvalue weighted by molar-refractivity contribution is 5.99. The van der Waals surface area contributed by atoms with Crippen molar-refractivity contribution < 1.29 is 14.6 Å². The molecule has 5 rings (SSSR count). The fraction of sp³-hybridized carbons (Fsp3) is 0.308. The number of rotatable bonds is 4. The van der Waals surface area contributed by atoms with Gasteiger partial charge in [0, 0.05) is 18.3 Å². The van der Waals surface area contributed by atoms with Crippen molar-refractivity contribution in [3.63, 3.8) is 0 Å². The van der Waals surface area contributed by atoms with E-state index in [1.165, 1.54) is 0 Å². The Morgan fingerprint density at radius 3 is 2.81 bits per heavy atom. The second-order valence-electron chi connectivity index (χ2n) is 8.54. The zero-order valence-electron chi connectivity index (χ0n) is 18.4. The molecule has 1 amide bonds. The Morgan fingerprint density at radius 2 is 2.06 bits per heavy atom. The van der Waals surface area contributed by atoms with Gasteiger partial charge in [0.05, 0.1) is 37.0 Å². The van der Waals surface area contributed by atoms with Gasteiger partial charge in [0.25, 0.3) is 0 Å². The van der Waals surface area contributed by atoms with Crippen LogP contribution in [-0.4, -0.2) is 45.2 Å². The Balaban J connectivity index is 1.40. The maximum atomic E-state index is 13.4. The Labute approximate surface area is 187 Å². The average molecular weight is 430 g/mol. The van der Waals surface area contributed by atoms with Crippen LogP contribution < -0.4 is 4.74 Å². The van der Waals surface area contributed by atoms with Crippen molar-refractivity contribution in [2.75, 3.05) is 13.7 Å². The topological polar surface area (TPSA) is 67.6 Å². The number of nitrogens with zero attached hydrogens (tertiary/aromatic N) is 3. The van der Waals surface area contributed by atoms with Gasteiger partial charge in [-0.15, -0.1) is 0 Å². The lowest BCUT2D eigenvalue weighted by Crippen LogP contribution is -2.46. The number of aliphatic hydroxyl groups excluding tert-OH is 1. The first-order valence-electron chi connectivity index (χ1n) is 11.0. The molecule has 1 aliphatic heterocycles. The van der Waals surface area contributed by atoms with Gasteiger partial charge in [0.2, 0.25) is 5.91 Å². The summed E-state index contributed by atoms with van der Waals surface area (Å²) in [6, 6.07) is 13.6. The molecule has 0 radical (unpaired) electrons. The van der Waals surface area contributed by atoms with E-state index in [4.69, 9.17) is 4.74 Å². The molecule has 1 aliphatic carbocycles. The highest BCUT2D eigenvalue weighted by Crippen LogP contribution is 2.37. The molecule has 2 aromatic carbocycles. The summed E-state index contributed by atoms with van der Waals surface area (Å²) >= 11 is 0. The van der Waals surface area contributed by atoms with Crippen molar-refractivity contribution in [1.29, 1.82) is 0 Å². The molecule has 2 heterocycles. The van der Waals surface area contributed by atoms with Gasteiger partial charge in [0.1, 0.15) is 5.75 Å². The second kappa shape index (κ2) is 8.28. The number of aromatic nitrogens is 2. The SMILES string of the molecule is COc1cc(C=C2CCCN([C@H]3Cc4ccccc4[C@H]3O)C2=O)ccc1-n1cnc(C)c1. The van der Waals surface area contributed by atoms with Crippen LogP contribution in [0.3, 0.4) is 0 Å². The number of likely N-dealkylation sites (tertiary alicyclic amines) is 1. The highest BCUT2D eigenvalue weighted by atomic mass is 16.5. The van der Waals surface area contributed by atoms with Crippen LogP contribution >= 0.6 is 0 Å². The summed E-state index contributed by atoms with van der Waals surface area (Å²) in [4.78, 5) is 19.5. The predicted molar refractivity (Wildman–Crippen MR) is 123 cm³/mol. The molecule has 2 aliphatic rings. The van der Waals surface area contributed by atoms with Gasteiger partial charge in [-0.05, 0) is 61.1 Å². The van der Waals surface area contributed by atoms with Crippen molar-refractivity contribution in [3.8, 4) is 11.4 Å². The number of hydrogen-bond acceptors (Lipinski definition) is 4. The van der Waals surface area contributed by atoms with Crippen molar-refractivity contribution in [2.45, 2.75) is 38.3 Å². The number of ether oxygens (including phenoxy) is 1. The fourth-order valence-electron chi connectivity index (χ4n) is 4.87. The number of aliphatic hydroxyl groups is 1. The van der Waals surface area contributed by atoms with Crippen molar-refractivity contribution in [2.24, 2.45) is 0 Å². The lowest BCUT2D eigenvalue weighted by Gasteiger charge is -2.35. The summed E-state index contributed by atoms with van der Waals surface area (Å²) in [5.74, 6) is 0.736. The van der Waals surface area contributed by atoms with E-state index in [0.29, 0.717) is 13.0 Å². The Morgan fingerprint density at radius 1 is 1.22 bits per heavy atom. The number of piperidine rings is 1. The molecule has 0 spiro atoms. The Kier molecular flexibility index (Phi) is 5.31. The van der Waals surface area contributed by atoms with Gasteiger partial charge in [0.15, 0.2) is 0 Å². The molecule has 164 valence electrons. The smallest absolute Gasteiger partial charge is 0.250 e.